The number of nitrogens with two attached hydrogens (primary N) is 1. The fourth-order valence-corrected chi connectivity index (χ4v) is 2.64. The van der Waals surface area contributed by atoms with Gasteiger partial charge in [0.1, 0.15) is 0 Å². The van der Waals surface area contributed by atoms with Crippen LogP contribution in [0.2, 0.25) is 0 Å². The molecule has 0 aliphatic carbocycles. The molecule has 0 bridgehead atoms. The first kappa shape index (κ1) is 16.7. The van der Waals surface area contributed by atoms with Gasteiger partial charge in [-0.2, -0.15) is 0 Å². The van der Waals surface area contributed by atoms with Gasteiger partial charge in [0.25, 0.3) is 0 Å². The zero-order valence-corrected chi connectivity index (χ0v) is 12.7. The first-order valence-corrected chi connectivity index (χ1v) is 7.62. The molecule has 0 saturated heterocycles. The molecular formula is C14H22N2O3S. The summed E-state index contributed by atoms with van der Waals surface area (Å²) in [4.78, 5) is 23.9. The highest BCUT2D eigenvalue weighted by Gasteiger charge is 2.25. The summed E-state index contributed by atoms with van der Waals surface area (Å²) < 4.78 is 0. The van der Waals surface area contributed by atoms with Crippen LogP contribution in [0.5, 0.6) is 0 Å². The average Bonchev–Trinajstić information content (AvgIpc) is 2.88. The van der Waals surface area contributed by atoms with Crippen molar-refractivity contribution in [3.05, 3.63) is 22.4 Å². The fraction of sp³-hybridized carbons (Fsp3) is 0.571. The third-order valence-corrected chi connectivity index (χ3v) is 4.04. The molecule has 1 amide bonds. The van der Waals surface area contributed by atoms with Gasteiger partial charge in [0.15, 0.2) is 6.04 Å². The number of carbonyl (C=O) groups is 2. The molecule has 0 fully saturated rings. The van der Waals surface area contributed by atoms with E-state index in [1.165, 1.54) is 11.3 Å². The van der Waals surface area contributed by atoms with Crippen LogP contribution >= 0.6 is 11.3 Å². The number of amides is 1. The van der Waals surface area contributed by atoms with E-state index in [9.17, 15) is 14.7 Å². The van der Waals surface area contributed by atoms with E-state index in [1.54, 1.807) is 17.5 Å². The van der Waals surface area contributed by atoms with E-state index in [0.717, 1.165) is 12.8 Å². The van der Waals surface area contributed by atoms with E-state index in [2.05, 4.69) is 5.32 Å². The maximum atomic E-state index is 12.0. The van der Waals surface area contributed by atoms with Crippen molar-refractivity contribution in [3.63, 3.8) is 0 Å². The van der Waals surface area contributed by atoms with E-state index in [-0.39, 0.29) is 17.9 Å². The molecule has 1 aromatic heterocycles. The number of carboxylic acid groups (broad SMARTS) is 1. The van der Waals surface area contributed by atoms with Crippen molar-refractivity contribution in [2.24, 2.45) is 11.7 Å². The molecule has 20 heavy (non-hydrogen) atoms. The number of aliphatic carboxylic acids is 1. The van der Waals surface area contributed by atoms with Gasteiger partial charge in [-0.3, -0.25) is 4.79 Å². The predicted octanol–water partition coefficient (Wildman–Crippen LogP) is 2.14. The van der Waals surface area contributed by atoms with Crippen LogP contribution in [0.1, 0.15) is 44.0 Å². The van der Waals surface area contributed by atoms with Crippen molar-refractivity contribution in [1.29, 1.82) is 0 Å². The Kier molecular flexibility index (Phi) is 6.67. The zero-order chi connectivity index (χ0) is 15.1. The lowest BCUT2D eigenvalue weighted by atomic mass is 10.0. The van der Waals surface area contributed by atoms with Crippen LogP contribution in [0.25, 0.3) is 0 Å². The van der Waals surface area contributed by atoms with Crippen LogP contribution in [0.15, 0.2) is 17.5 Å². The summed E-state index contributed by atoms with van der Waals surface area (Å²) >= 11 is 1.32. The first-order valence-electron chi connectivity index (χ1n) is 6.74. The maximum Gasteiger partial charge on any atom is 0.331 e. The Morgan fingerprint density at radius 1 is 1.40 bits per heavy atom. The minimum atomic E-state index is -1.04. The highest BCUT2D eigenvalue weighted by molar-refractivity contribution is 7.10. The molecule has 0 radical (unpaired) electrons. The Labute approximate surface area is 123 Å². The zero-order valence-electron chi connectivity index (χ0n) is 11.8. The summed E-state index contributed by atoms with van der Waals surface area (Å²) in [6, 6.07) is 2.65. The first-order chi connectivity index (χ1) is 9.41. The van der Waals surface area contributed by atoms with Crippen molar-refractivity contribution in [1.82, 2.24) is 5.32 Å². The molecule has 0 aromatic carbocycles. The number of nitrogens with one attached hydrogen (secondary N) is 1. The van der Waals surface area contributed by atoms with Gasteiger partial charge in [0, 0.05) is 16.8 Å². The third kappa shape index (κ3) is 5.30. The SMILES string of the molecule is CC(N)CCCC(C)C(=O)NC(C(=O)O)c1cccs1. The van der Waals surface area contributed by atoms with Gasteiger partial charge in [0.2, 0.25) is 5.91 Å². The number of hydrogen-bond donors (Lipinski definition) is 3. The highest BCUT2D eigenvalue weighted by atomic mass is 32.1. The van der Waals surface area contributed by atoms with E-state index < -0.39 is 12.0 Å². The molecule has 3 unspecified atom stereocenters. The predicted molar refractivity (Wildman–Crippen MR) is 79.5 cm³/mol. The molecule has 0 aliphatic rings. The molecule has 0 saturated carbocycles. The van der Waals surface area contributed by atoms with E-state index >= 15 is 0 Å². The lowest BCUT2D eigenvalue weighted by molar-refractivity contribution is -0.142. The van der Waals surface area contributed by atoms with Crippen molar-refractivity contribution in [3.8, 4) is 0 Å². The van der Waals surface area contributed by atoms with Crippen molar-refractivity contribution in [2.45, 2.75) is 45.2 Å². The van der Waals surface area contributed by atoms with Crippen molar-refractivity contribution in [2.75, 3.05) is 0 Å². The fourth-order valence-electron chi connectivity index (χ4n) is 1.87. The van der Waals surface area contributed by atoms with E-state index in [0.29, 0.717) is 11.3 Å². The minimum Gasteiger partial charge on any atom is -0.479 e. The lowest BCUT2D eigenvalue weighted by Crippen LogP contribution is -2.36. The molecule has 1 aromatic rings. The second kappa shape index (κ2) is 8.01. The van der Waals surface area contributed by atoms with Gasteiger partial charge >= 0.3 is 5.97 Å². The number of carbonyl (C=O) groups excluding carboxylic acids is 1. The van der Waals surface area contributed by atoms with Gasteiger partial charge < -0.3 is 16.2 Å². The van der Waals surface area contributed by atoms with Gasteiger partial charge in [-0.25, -0.2) is 4.79 Å². The summed E-state index contributed by atoms with van der Waals surface area (Å²) in [5.41, 5.74) is 5.66. The van der Waals surface area contributed by atoms with E-state index in [1.807, 2.05) is 13.8 Å². The average molecular weight is 298 g/mol. The molecule has 1 heterocycles. The normalized spacial score (nSPS) is 15.3. The van der Waals surface area contributed by atoms with E-state index in [4.69, 9.17) is 5.73 Å². The third-order valence-electron chi connectivity index (χ3n) is 3.11. The Morgan fingerprint density at radius 3 is 2.60 bits per heavy atom. The van der Waals surface area contributed by atoms with Gasteiger partial charge in [0.05, 0.1) is 0 Å². The quantitative estimate of drug-likeness (QED) is 0.685. The second-order valence-electron chi connectivity index (χ2n) is 5.10. The summed E-state index contributed by atoms with van der Waals surface area (Å²) in [5.74, 6) is -1.48. The molecule has 112 valence electrons. The monoisotopic (exact) mass is 298 g/mol. The number of rotatable bonds is 8. The van der Waals surface area contributed by atoms with Crippen LogP contribution in [-0.2, 0) is 9.59 Å². The Bertz CT molecular complexity index is 432. The number of hydrogen-bond acceptors (Lipinski definition) is 4. The summed E-state index contributed by atoms with van der Waals surface area (Å²) in [5, 5.41) is 13.6. The molecule has 3 atom stereocenters. The molecule has 0 aliphatic heterocycles. The molecule has 1 rings (SSSR count). The lowest BCUT2D eigenvalue weighted by Gasteiger charge is -2.17. The second-order valence-corrected chi connectivity index (χ2v) is 6.08. The van der Waals surface area contributed by atoms with Gasteiger partial charge in [-0.1, -0.05) is 19.4 Å². The van der Waals surface area contributed by atoms with Crippen LogP contribution < -0.4 is 11.1 Å². The van der Waals surface area contributed by atoms with Crippen LogP contribution in [-0.4, -0.2) is 23.0 Å². The Hall–Kier alpha value is -1.40. The van der Waals surface area contributed by atoms with Crippen LogP contribution in [0, 0.1) is 5.92 Å². The summed E-state index contributed by atoms with van der Waals surface area (Å²) in [6.07, 6.45) is 2.44. The smallest absolute Gasteiger partial charge is 0.331 e. The Morgan fingerprint density at radius 2 is 2.10 bits per heavy atom. The van der Waals surface area contributed by atoms with Crippen LogP contribution in [0.4, 0.5) is 0 Å². The summed E-state index contributed by atoms with van der Waals surface area (Å²) in [7, 11) is 0. The highest BCUT2D eigenvalue weighted by Crippen LogP contribution is 2.20. The molecule has 0 spiro atoms. The van der Waals surface area contributed by atoms with Crippen LogP contribution in [0.3, 0.4) is 0 Å². The van der Waals surface area contributed by atoms with Crippen molar-refractivity contribution < 1.29 is 14.7 Å². The largest absolute Gasteiger partial charge is 0.479 e. The minimum absolute atomic E-state index is 0.128. The summed E-state index contributed by atoms with van der Waals surface area (Å²) in [6.45, 7) is 3.74. The topological polar surface area (TPSA) is 92.4 Å². The standard InChI is InChI=1S/C14H22N2O3S/c1-9(5-3-6-10(2)15)13(17)16-12(14(18)19)11-7-4-8-20-11/h4,7-10,12H,3,5-6,15H2,1-2H3,(H,16,17)(H,18,19). The van der Waals surface area contributed by atoms with Gasteiger partial charge in [-0.15, -0.1) is 11.3 Å². The number of carboxylic acids is 1. The molecule has 6 heteroatoms. The maximum absolute atomic E-state index is 12.0. The van der Waals surface area contributed by atoms with Crippen molar-refractivity contribution >= 4 is 23.2 Å². The molecule has 5 nitrogen and oxygen atoms in total. The van der Waals surface area contributed by atoms with Gasteiger partial charge in [-0.05, 0) is 31.2 Å². The molecular weight excluding hydrogens is 276 g/mol. The Balaban J connectivity index is 2.52. The molecule has 4 N–H and O–H groups in total. The number of thiophene rings is 1.